The summed E-state index contributed by atoms with van der Waals surface area (Å²) in [6, 6.07) is 9.14. The molecule has 1 aliphatic rings. The van der Waals surface area contributed by atoms with Crippen molar-refractivity contribution in [2.24, 2.45) is 5.92 Å². The molecule has 0 saturated carbocycles. The number of rotatable bonds is 4. The molecule has 16 heavy (non-hydrogen) atoms. The third kappa shape index (κ3) is 2.76. The number of ether oxygens (including phenoxy) is 1. The van der Waals surface area contributed by atoms with E-state index in [1.54, 1.807) is 0 Å². The summed E-state index contributed by atoms with van der Waals surface area (Å²) in [6.45, 7) is 6.25. The van der Waals surface area contributed by atoms with E-state index in [0.717, 1.165) is 24.7 Å². The van der Waals surface area contributed by atoms with Crippen molar-refractivity contribution in [2.45, 2.75) is 32.7 Å². The lowest BCUT2D eigenvalue weighted by atomic mass is 9.96. The van der Waals surface area contributed by atoms with Crippen LogP contribution in [-0.4, -0.2) is 19.2 Å². The summed E-state index contributed by atoms with van der Waals surface area (Å²) in [5, 5.41) is 3.56. The van der Waals surface area contributed by atoms with Gasteiger partial charge in [-0.2, -0.15) is 0 Å². The van der Waals surface area contributed by atoms with Crippen LogP contribution in [-0.2, 0) is 6.42 Å². The highest BCUT2D eigenvalue weighted by Gasteiger charge is 2.22. The van der Waals surface area contributed by atoms with E-state index >= 15 is 0 Å². The Balaban J connectivity index is 1.94. The lowest BCUT2D eigenvalue weighted by Gasteiger charge is -2.15. The molecule has 88 valence electrons. The van der Waals surface area contributed by atoms with Gasteiger partial charge in [-0.15, -0.1) is 0 Å². The molecule has 0 spiro atoms. The smallest absolute Gasteiger partial charge is 0.119 e. The van der Waals surface area contributed by atoms with Gasteiger partial charge in [0.15, 0.2) is 0 Å². The van der Waals surface area contributed by atoms with Crippen molar-refractivity contribution in [1.82, 2.24) is 5.32 Å². The Morgan fingerprint density at radius 3 is 2.62 bits per heavy atom. The molecule has 1 aromatic rings. The first-order valence-electron chi connectivity index (χ1n) is 6.24. The normalized spacial score (nSPS) is 24.6. The summed E-state index contributed by atoms with van der Waals surface area (Å²) in [5.41, 5.74) is 1.40. The molecule has 0 unspecified atom stereocenters. The van der Waals surface area contributed by atoms with E-state index in [-0.39, 0.29) is 0 Å². The van der Waals surface area contributed by atoms with Crippen molar-refractivity contribution < 1.29 is 4.74 Å². The van der Waals surface area contributed by atoms with Crippen molar-refractivity contribution >= 4 is 0 Å². The van der Waals surface area contributed by atoms with Crippen LogP contribution in [0.2, 0.25) is 0 Å². The minimum atomic E-state index is 0.651. The molecule has 2 atom stereocenters. The van der Waals surface area contributed by atoms with E-state index in [2.05, 4.69) is 36.5 Å². The van der Waals surface area contributed by atoms with Crippen molar-refractivity contribution in [1.29, 1.82) is 0 Å². The molecule has 0 radical (unpaired) electrons. The van der Waals surface area contributed by atoms with Crippen molar-refractivity contribution in [3.63, 3.8) is 0 Å². The Hall–Kier alpha value is -1.02. The SMILES string of the molecule is CCOc1ccc(C[C@H]2NCC[C@@H]2C)cc1. The lowest BCUT2D eigenvalue weighted by molar-refractivity contribution is 0.340. The summed E-state index contributed by atoms with van der Waals surface area (Å²) in [6.07, 6.45) is 2.44. The molecule has 1 fully saturated rings. The zero-order valence-corrected chi connectivity index (χ0v) is 10.2. The van der Waals surface area contributed by atoms with Crippen LogP contribution in [0.3, 0.4) is 0 Å². The molecule has 0 aliphatic carbocycles. The predicted molar refractivity (Wildman–Crippen MR) is 66.9 cm³/mol. The van der Waals surface area contributed by atoms with Gasteiger partial charge >= 0.3 is 0 Å². The van der Waals surface area contributed by atoms with Gasteiger partial charge in [-0.25, -0.2) is 0 Å². The van der Waals surface area contributed by atoms with Gasteiger partial charge in [0.2, 0.25) is 0 Å². The van der Waals surface area contributed by atoms with Gasteiger partial charge in [0.25, 0.3) is 0 Å². The van der Waals surface area contributed by atoms with Gasteiger partial charge in [-0.05, 0) is 49.9 Å². The molecule has 1 heterocycles. The predicted octanol–water partition coefficient (Wildman–Crippen LogP) is 2.63. The Morgan fingerprint density at radius 1 is 1.31 bits per heavy atom. The highest BCUT2D eigenvalue weighted by molar-refractivity contribution is 5.28. The van der Waals surface area contributed by atoms with Gasteiger partial charge in [0.1, 0.15) is 5.75 Å². The molecule has 1 N–H and O–H groups in total. The summed E-state index contributed by atoms with van der Waals surface area (Å²) in [5.74, 6) is 1.77. The fraction of sp³-hybridized carbons (Fsp3) is 0.571. The van der Waals surface area contributed by atoms with Crippen LogP contribution in [0.25, 0.3) is 0 Å². The van der Waals surface area contributed by atoms with E-state index in [0.29, 0.717) is 6.04 Å². The van der Waals surface area contributed by atoms with Crippen LogP contribution >= 0.6 is 0 Å². The van der Waals surface area contributed by atoms with E-state index in [9.17, 15) is 0 Å². The lowest BCUT2D eigenvalue weighted by Crippen LogP contribution is -2.27. The molecule has 0 amide bonds. The Kier molecular flexibility index (Phi) is 3.83. The zero-order valence-electron chi connectivity index (χ0n) is 10.2. The number of hydrogen-bond donors (Lipinski definition) is 1. The first kappa shape index (κ1) is 11.5. The number of nitrogens with one attached hydrogen (secondary N) is 1. The van der Waals surface area contributed by atoms with Crippen LogP contribution in [0.5, 0.6) is 5.75 Å². The molecule has 2 heteroatoms. The summed E-state index contributed by atoms with van der Waals surface area (Å²) in [4.78, 5) is 0. The largest absolute Gasteiger partial charge is 0.494 e. The third-order valence-corrected chi connectivity index (χ3v) is 3.38. The van der Waals surface area contributed by atoms with Crippen molar-refractivity contribution in [3.05, 3.63) is 29.8 Å². The molecule has 0 bridgehead atoms. The molecule has 2 nitrogen and oxygen atoms in total. The molecule has 0 aromatic heterocycles. The number of hydrogen-bond acceptors (Lipinski definition) is 2. The van der Waals surface area contributed by atoms with Crippen molar-refractivity contribution in [3.8, 4) is 5.75 Å². The second kappa shape index (κ2) is 5.35. The van der Waals surface area contributed by atoms with Crippen LogP contribution in [0.1, 0.15) is 25.8 Å². The Morgan fingerprint density at radius 2 is 2.06 bits per heavy atom. The van der Waals surface area contributed by atoms with Crippen molar-refractivity contribution in [2.75, 3.05) is 13.2 Å². The molecule has 1 aliphatic heterocycles. The van der Waals surface area contributed by atoms with Gasteiger partial charge < -0.3 is 10.1 Å². The van der Waals surface area contributed by atoms with Crippen LogP contribution in [0.4, 0.5) is 0 Å². The summed E-state index contributed by atoms with van der Waals surface area (Å²) < 4.78 is 5.44. The monoisotopic (exact) mass is 219 g/mol. The maximum Gasteiger partial charge on any atom is 0.119 e. The van der Waals surface area contributed by atoms with Gasteiger partial charge in [0, 0.05) is 6.04 Å². The zero-order chi connectivity index (χ0) is 11.4. The van der Waals surface area contributed by atoms with E-state index in [1.807, 2.05) is 6.92 Å². The highest BCUT2D eigenvalue weighted by atomic mass is 16.5. The fourth-order valence-electron chi connectivity index (χ4n) is 2.31. The van der Waals surface area contributed by atoms with Crippen LogP contribution < -0.4 is 10.1 Å². The minimum Gasteiger partial charge on any atom is -0.494 e. The summed E-state index contributed by atoms with van der Waals surface area (Å²) in [7, 11) is 0. The molecule has 1 aromatic carbocycles. The van der Waals surface area contributed by atoms with E-state index < -0.39 is 0 Å². The second-order valence-electron chi connectivity index (χ2n) is 4.61. The van der Waals surface area contributed by atoms with E-state index in [4.69, 9.17) is 4.74 Å². The minimum absolute atomic E-state index is 0.651. The number of benzene rings is 1. The topological polar surface area (TPSA) is 21.3 Å². The summed E-state index contributed by atoms with van der Waals surface area (Å²) >= 11 is 0. The second-order valence-corrected chi connectivity index (χ2v) is 4.61. The standard InChI is InChI=1S/C14H21NO/c1-3-16-13-6-4-12(5-7-13)10-14-11(2)8-9-15-14/h4-7,11,14-15H,3,8-10H2,1-2H3/t11-,14+/m0/s1. The average molecular weight is 219 g/mol. The molecular weight excluding hydrogens is 198 g/mol. The maximum atomic E-state index is 5.44. The molecular formula is C14H21NO. The first-order chi connectivity index (χ1) is 7.79. The van der Waals surface area contributed by atoms with Gasteiger partial charge in [0.05, 0.1) is 6.61 Å². The van der Waals surface area contributed by atoms with Gasteiger partial charge in [-0.1, -0.05) is 19.1 Å². The van der Waals surface area contributed by atoms with E-state index in [1.165, 1.54) is 18.5 Å². The quantitative estimate of drug-likeness (QED) is 0.840. The molecule has 2 rings (SSSR count). The Bertz CT molecular complexity index is 320. The molecule has 1 saturated heterocycles. The average Bonchev–Trinajstić information content (AvgIpc) is 2.68. The maximum absolute atomic E-state index is 5.44. The fourth-order valence-corrected chi connectivity index (χ4v) is 2.31. The van der Waals surface area contributed by atoms with Crippen LogP contribution in [0.15, 0.2) is 24.3 Å². The Labute approximate surface area is 98.0 Å². The first-order valence-corrected chi connectivity index (χ1v) is 6.24. The third-order valence-electron chi connectivity index (χ3n) is 3.38. The van der Waals surface area contributed by atoms with Crippen LogP contribution in [0, 0.1) is 5.92 Å². The van der Waals surface area contributed by atoms with Gasteiger partial charge in [-0.3, -0.25) is 0 Å². The highest BCUT2D eigenvalue weighted by Crippen LogP contribution is 2.20.